The fourth-order valence-electron chi connectivity index (χ4n) is 1.41. The smallest absolute Gasteiger partial charge is 0.225 e. The monoisotopic (exact) mass is 229 g/mol. The number of aromatic nitrogens is 2. The molecule has 3 heteroatoms. The Kier molecular flexibility index (Phi) is 4.28. The third-order valence-electron chi connectivity index (χ3n) is 2.87. The summed E-state index contributed by atoms with van der Waals surface area (Å²) in [6.45, 7) is 8.04. The van der Waals surface area contributed by atoms with Gasteiger partial charge in [-0.2, -0.15) is 0 Å². The molecule has 17 heavy (non-hydrogen) atoms. The summed E-state index contributed by atoms with van der Waals surface area (Å²) < 4.78 is 1.86. The standard InChI is InChI=1S/C14H19N3/c1-7-10(3)11(4)15-14-16-12(5)13(8-2)9-17(14)6/h2,7,9,11H,1,3-6H3. The van der Waals surface area contributed by atoms with E-state index in [2.05, 4.69) is 35.8 Å². The highest BCUT2D eigenvalue weighted by Crippen LogP contribution is 2.03. The minimum Gasteiger partial charge on any atom is -0.319 e. The summed E-state index contributed by atoms with van der Waals surface area (Å²) >= 11 is 0. The van der Waals surface area contributed by atoms with Gasteiger partial charge in [0.05, 0.1) is 17.3 Å². The highest BCUT2D eigenvalue weighted by Gasteiger charge is 2.03. The summed E-state index contributed by atoms with van der Waals surface area (Å²) in [5, 5.41) is 0. The van der Waals surface area contributed by atoms with Gasteiger partial charge in [0.2, 0.25) is 5.62 Å². The second-order valence-electron chi connectivity index (χ2n) is 4.13. The van der Waals surface area contributed by atoms with E-state index in [0.717, 1.165) is 11.3 Å². The van der Waals surface area contributed by atoms with Crippen LogP contribution in [0.5, 0.6) is 0 Å². The molecule has 0 N–H and O–H groups in total. The van der Waals surface area contributed by atoms with E-state index < -0.39 is 0 Å². The number of hydrogen-bond acceptors (Lipinski definition) is 2. The second-order valence-corrected chi connectivity index (χ2v) is 4.13. The van der Waals surface area contributed by atoms with E-state index in [9.17, 15) is 0 Å². The molecule has 0 aromatic carbocycles. The van der Waals surface area contributed by atoms with Gasteiger partial charge in [-0.25, -0.2) is 9.98 Å². The zero-order valence-electron chi connectivity index (χ0n) is 11.2. The quantitative estimate of drug-likeness (QED) is 0.563. The van der Waals surface area contributed by atoms with Gasteiger partial charge in [0.1, 0.15) is 0 Å². The first-order valence-electron chi connectivity index (χ1n) is 5.67. The lowest BCUT2D eigenvalue weighted by Crippen LogP contribution is -2.25. The molecular formula is C14H19N3. The Hall–Kier alpha value is -1.82. The molecular weight excluding hydrogens is 210 g/mol. The zero-order valence-corrected chi connectivity index (χ0v) is 11.2. The molecule has 1 rings (SSSR count). The van der Waals surface area contributed by atoms with E-state index >= 15 is 0 Å². The predicted molar refractivity (Wildman–Crippen MR) is 70.3 cm³/mol. The van der Waals surface area contributed by atoms with E-state index in [-0.39, 0.29) is 6.04 Å². The summed E-state index contributed by atoms with van der Waals surface area (Å²) in [7, 11) is 1.91. The van der Waals surface area contributed by atoms with Gasteiger partial charge < -0.3 is 4.57 Å². The average molecular weight is 229 g/mol. The fourth-order valence-corrected chi connectivity index (χ4v) is 1.41. The Bertz CT molecular complexity index is 542. The number of hydrogen-bond donors (Lipinski definition) is 0. The summed E-state index contributed by atoms with van der Waals surface area (Å²) in [6, 6.07) is 0.134. The molecule has 0 spiro atoms. The lowest BCUT2D eigenvalue weighted by Gasteiger charge is -2.08. The van der Waals surface area contributed by atoms with Crippen LogP contribution in [-0.2, 0) is 7.05 Å². The Morgan fingerprint density at radius 3 is 2.82 bits per heavy atom. The van der Waals surface area contributed by atoms with Crippen LogP contribution < -0.4 is 5.62 Å². The van der Waals surface area contributed by atoms with Crippen molar-refractivity contribution >= 4 is 0 Å². The number of aryl methyl sites for hydroxylation is 2. The first kappa shape index (κ1) is 13.2. The molecule has 0 bridgehead atoms. The van der Waals surface area contributed by atoms with Gasteiger partial charge in [-0.15, -0.1) is 6.42 Å². The van der Waals surface area contributed by atoms with Crippen LogP contribution in [0, 0.1) is 19.3 Å². The molecule has 0 aliphatic rings. The number of nitrogens with zero attached hydrogens (tertiary/aromatic N) is 3. The first-order valence-corrected chi connectivity index (χ1v) is 5.67. The topological polar surface area (TPSA) is 30.2 Å². The van der Waals surface area contributed by atoms with Crippen LogP contribution >= 0.6 is 0 Å². The van der Waals surface area contributed by atoms with E-state index in [1.54, 1.807) is 0 Å². The van der Waals surface area contributed by atoms with Gasteiger partial charge in [-0.05, 0) is 27.7 Å². The molecule has 0 amide bonds. The molecule has 1 heterocycles. The molecule has 1 unspecified atom stereocenters. The van der Waals surface area contributed by atoms with Gasteiger partial charge in [0, 0.05) is 13.2 Å². The highest BCUT2D eigenvalue weighted by atomic mass is 15.1. The molecule has 0 fully saturated rings. The van der Waals surface area contributed by atoms with Gasteiger partial charge >= 0.3 is 0 Å². The first-order chi connectivity index (χ1) is 7.99. The maximum Gasteiger partial charge on any atom is 0.225 e. The third kappa shape index (κ3) is 3.07. The number of allylic oxidation sites excluding steroid dienone is 1. The summed E-state index contributed by atoms with van der Waals surface area (Å²) in [5.41, 5.74) is 3.58. The maximum absolute atomic E-state index is 5.40. The van der Waals surface area contributed by atoms with Crippen molar-refractivity contribution in [2.24, 2.45) is 12.0 Å². The van der Waals surface area contributed by atoms with Crippen LogP contribution in [0.4, 0.5) is 0 Å². The van der Waals surface area contributed by atoms with Gasteiger partial charge in [-0.3, -0.25) is 0 Å². The van der Waals surface area contributed by atoms with E-state index in [1.165, 1.54) is 5.57 Å². The van der Waals surface area contributed by atoms with Crippen LogP contribution in [0.2, 0.25) is 0 Å². The fraction of sp³-hybridized carbons (Fsp3) is 0.429. The molecule has 1 aromatic rings. The van der Waals surface area contributed by atoms with Gasteiger partial charge in [-0.1, -0.05) is 17.6 Å². The molecule has 0 aliphatic carbocycles. The van der Waals surface area contributed by atoms with Crippen molar-refractivity contribution in [1.29, 1.82) is 0 Å². The van der Waals surface area contributed by atoms with E-state index in [1.807, 2.05) is 31.7 Å². The Balaban J connectivity index is 3.30. The number of terminal acetylenes is 1. The zero-order chi connectivity index (χ0) is 13.0. The van der Waals surface area contributed by atoms with E-state index in [4.69, 9.17) is 6.42 Å². The normalized spacial score (nSPS) is 14.6. The SMILES string of the molecule is C#Cc1cn(C)c(=NC(C)C(C)=CC)nc1C. The van der Waals surface area contributed by atoms with Crippen LogP contribution in [0.25, 0.3) is 0 Å². The average Bonchev–Trinajstić information content (AvgIpc) is 2.32. The Morgan fingerprint density at radius 1 is 1.65 bits per heavy atom. The largest absolute Gasteiger partial charge is 0.319 e. The molecule has 0 saturated carbocycles. The molecule has 90 valence electrons. The Labute approximate surface area is 103 Å². The molecule has 1 atom stereocenters. The van der Waals surface area contributed by atoms with Crippen molar-refractivity contribution in [2.75, 3.05) is 0 Å². The van der Waals surface area contributed by atoms with E-state index in [0.29, 0.717) is 5.62 Å². The lowest BCUT2D eigenvalue weighted by atomic mass is 10.1. The second kappa shape index (κ2) is 5.49. The van der Waals surface area contributed by atoms with Crippen molar-refractivity contribution in [3.63, 3.8) is 0 Å². The molecule has 0 saturated heterocycles. The number of rotatable bonds is 2. The molecule has 0 radical (unpaired) electrons. The van der Waals surface area contributed by atoms with Crippen molar-refractivity contribution in [3.8, 4) is 12.3 Å². The predicted octanol–water partition coefficient (Wildman–Crippen LogP) is 1.97. The van der Waals surface area contributed by atoms with Crippen LogP contribution in [0.3, 0.4) is 0 Å². The summed E-state index contributed by atoms with van der Waals surface area (Å²) in [6.07, 6.45) is 9.35. The van der Waals surface area contributed by atoms with Crippen molar-refractivity contribution in [1.82, 2.24) is 9.55 Å². The van der Waals surface area contributed by atoms with Crippen LogP contribution in [0.1, 0.15) is 32.0 Å². The third-order valence-corrected chi connectivity index (χ3v) is 2.87. The summed E-state index contributed by atoms with van der Waals surface area (Å²) in [5.74, 6) is 2.61. The van der Waals surface area contributed by atoms with Crippen LogP contribution in [0.15, 0.2) is 22.8 Å². The highest BCUT2D eigenvalue weighted by molar-refractivity contribution is 5.32. The lowest BCUT2D eigenvalue weighted by molar-refractivity contribution is 0.706. The minimum atomic E-state index is 0.134. The molecule has 1 aromatic heterocycles. The Morgan fingerprint density at radius 2 is 2.29 bits per heavy atom. The maximum atomic E-state index is 5.40. The summed E-state index contributed by atoms with van der Waals surface area (Å²) in [4.78, 5) is 9.01. The minimum absolute atomic E-state index is 0.134. The van der Waals surface area contributed by atoms with Crippen LogP contribution in [-0.4, -0.2) is 15.6 Å². The van der Waals surface area contributed by atoms with Crippen molar-refractivity contribution < 1.29 is 0 Å². The van der Waals surface area contributed by atoms with Crippen molar-refractivity contribution in [3.05, 3.63) is 34.7 Å². The van der Waals surface area contributed by atoms with Gasteiger partial charge in [0.15, 0.2) is 0 Å². The van der Waals surface area contributed by atoms with Crippen molar-refractivity contribution in [2.45, 2.75) is 33.7 Å². The van der Waals surface area contributed by atoms with Gasteiger partial charge in [0.25, 0.3) is 0 Å². The molecule has 0 aliphatic heterocycles. The molecule has 3 nitrogen and oxygen atoms in total.